The van der Waals surface area contributed by atoms with E-state index in [1.54, 1.807) is 18.2 Å². The second-order valence-corrected chi connectivity index (χ2v) is 7.16. The number of carbonyl (C=O) groups excluding carboxylic acids is 1. The van der Waals surface area contributed by atoms with Crippen LogP contribution in [0, 0.1) is 17.0 Å². The molecule has 2 N–H and O–H groups in total. The van der Waals surface area contributed by atoms with Crippen LogP contribution in [-0.2, 0) is 0 Å². The molecule has 0 aliphatic heterocycles. The van der Waals surface area contributed by atoms with E-state index < -0.39 is 10.8 Å². The van der Waals surface area contributed by atoms with Crippen molar-refractivity contribution in [1.29, 1.82) is 0 Å². The van der Waals surface area contributed by atoms with Gasteiger partial charge in [-0.3, -0.25) is 20.2 Å². The zero-order valence-electron chi connectivity index (χ0n) is 14.6. The van der Waals surface area contributed by atoms with E-state index in [0.29, 0.717) is 11.3 Å². The molecule has 0 saturated heterocycles. The summed E-state index contributed by atoms with van der Waals surface area (Å²) in [4.78, 5) is 22.8. The number of nitro groups is 1. The minimum Gasteiger partial charge on any atom is -0.451 e. The van der Waals surface area contributed by atoms with E-state index in [1.807, 2.05) is 25.1 Å². The third kappa shape index (κ3) is 4.62. The highest BCUT2D eigenvalue weighted by Crippen LogP contribution is 2.26. The number of rotatable bonds is 4. The van der Waals surface area contributed by atoms with Crippen LogP contribution in [0.3, 0.4) is 0 Å². The first-order chi connectivity index (χ1) is 13.3. The predicted octanol–water partition coefficient (Wildman–Crippen LogP) is 5.05. The van der Waals surface area contributed by atoms with Crippen molar-refractivity contribution in [2.45, 2.75) is 6.92 Å². The molecule has 2 aromatic carbocycles. The Kier molecular flexibility index (Phi) is 5.86. The summed E-state index contributed by atoms with van der Waals surface area (Å²) in [7, 11) is 0. The first-order valence-corrected chi connectivity index (χ1v) is 9.27. The van der Waals surface area contributed by atoms with Crippen molar-refractivity contribution in [1.82, 2.24) is 5.32 Å². The van der Waals surface area contributed by atoms with Gasteiger partial charge in [-0.1, -0.05) is 28.1 Å². The predicted molar refractivity (Wildman–Crippen MR) is 113 cm³/mol. The monoisotopic (exact) mass is 459 g/mol. The van der Waals surface area contributed by atoms with E-state index in [2.05, 4.69) is 26.6 Å². The fraction of sp³-hybridized carbons (Fsp3) is 0.0526. The molecule has 28 heavy (non-hydrogen) atoms. The summed E-state index contributed by atoms with van der Waals surface area (Å²) in [6.45, 7) is 1.91. The third-order valence-corrected chi connectivity index (χ3v) is 4.53. The van der Waals surface area contributed by atoms with E-state index in [-0.39, 0.29) is 16.6 Å². The van der Waals surface area contributed by atoms with Gasteiger partial charge in [0.25, 0.3) is 11.6 Å². The standard InChI is InChI=1S/C19H14BrN3O4S/c1-11-9-13(20)5-6-15(11)21-19(28)22-18(24)17-8-7-16(27-17)12-3-2-4-14(10-12)23(25)26/h2-10H,1H3,(H2,21,22,24,28). The lowest BCUT2D eigenvalue weighted by Crippen LogP contribution is -2.34. The molecule has 0 bridgehead atoms. The quantitative estimate of drug-likeness (QED) is 0.321. The van der Waals surface area contributed by atoms with Crippen molar-refractivity contribution in [2.75, 3.05) is 5.32 Å². The van der Waals surface area contributed by atoms with E-state index in [0.717, 1.165) is 15.7 Å². The number of aryl methyl sites for hydroxylation is 1. The van der Waals surface area contributed by atoms with Crippen LogP contribution < -0.4 is 10.6 Å². The molecular weight excluding hydrogens is 446 g/mol. The summed E-state index contributed by atoms with van der Waals surface area (Å²) in [6.07, 6.45) is 0. The molecular formula is C19H14BrN3O4S. The van der Waals surface area contributed by atoms with Gasteiger partial charge in [0.1, 0.15) is 5.76 Å². The molecule has 0 saturated carbocycles. The van der Waals surface area contributed by atoms with E-state index in [4.69, 9.17) is 16.6 Å². The number of halogens is 1. The number of furan rings is 1. The number of nitro benzene ring substituents is 1. The Morgan fingerprint density at radius 2 is 1.96 bits per heavy atom. The minimum absolute atomic E-state index is 0.0400. The number of nitrogens with zero attached hydrogens (tertiary/aromatic N) is 1. The Morgan fingerprint density at radius 1 is 1.18 bits per heavy atom. The maximum absolute atomic E-state index is 12.4. The van der Waals surface area contributed by atoms with E-state index in [9.17, 15) is 14.9 Å². The Hall–Kier alpha value is -3.04. The van der Waals surface area contributed by atoms with Gasteiger partial charge in [-0.05, 0) is 55.0 Å². The molecule has 3 aromatic rings. The lowest BCUT2D eigenvalue weighted by atomic mass is 10.1. The maximum Gasteiger partial charge on any atom is 0.293 e. The topological polar surface area (TPSA) is 97.4 Å². The Morgan fingerprint density at radius 3 is 2.68 bits per heavy atom. The van der Waals surface area contributed by atoms with Crippen LogP contribution >= 0.6 is 28.1 Å². The van der Waals surface area contributed by atoms with Gasteiger partial charge in [-0.15, -0.1) is 0 Å². The van der Waals surface area contributed by atoms with Crippen molar-refractivity contribution in [3.8, 4) is 11.3 Å². The average molecular weight is 460 g/mol. The number of hydrogen-bond donors (Lipinski definition) is 2. The van der Waals surface area contributed by atoms with Crippen molar-refractivity contribution in [3.05, 3.63) is 80.5 Å². The molecule has 0 unspecified atom stereocenters. The van der Waals surface area contributed by atoms with Crippen LogP contribution in [0.25, 0.3) is 11.3 Å². The number of hydrogen-bond acceptors (Lipinski definition) is 5. The molecule has 0 atom stereocenters. The highest BCUT2D eigenvalue weighted by molar-refractivity contribution is 9.10. The molecule has 9 heteroatoms. The lowest BCUT2D eigenvalue weighted by molar-refractivity contribution is -0.384. The summed E-state index contributed by atoms with van der Waals surface area (Å²) in [6, 6.07) is 14.6. The lowest BCUT2D eigenvalue weighted by Gasteiger charge is -2.11. The molecule has 0 aliphatic carbocycles. The van der Waals surface area contributed by atoms with Gasteiger partial charge < -0.3 is 9.73 Å². The second kappa shape index (κ2) is 8.32. The molecule has 0 fully saturated rings. The Balaban J connectivity index is 1.69. The smallest absolute Gasteiger partial charge is 0.293 e. The Bertz CT molecular complexity index is 1080. The van der Waals surface area contributed by atoms with Crippen LogP contribution in [0.1, 0.15) is 16.1 Å². The van der Waals surface area contributed by atoms with E-state index in [1.165, 1.54) is 18.2 Å². The first kappa shape index (κ1) is 19.7. The van der Waals surface area contributed by atoms with Gasteiger partial charge in [-0.25, -0.2) is 0 Å². The van der Waals surface area contributed by atoms with Gasteiger partial charge in [0, 0.05) is 27.9 Å². The average Bonchev–Trinajstić information content (AvgIpc) is 3.14. The van der Waals surface area contributed by atoms with Gasteiger partial charge in [0.15, 0.2) is 10.9 Å². The summed E-state index contributed by atoms with van der Waals surface area (Å²) < 4.78 is 6.47. The number of thiocarbonyl (C=S) groups is 1. The van der Waals surface area contributed by atoms with Crippen LogP contribution in [-0.4, -0.2) is 15.9 Å². The van der Waals surface area contributed by atoms with Crippen molar-refractivity contribution >= 4 is 50.5 Å². The largest absolute Gasteiger partial charge is 0.451 e. The van der Waals surface area contributed by atoms with Crippen LogP contribution in [0.4, 0.5) is 11.4 Å². The highest BCUT2D eigenvalue weighted by Gasteiger charge is 2.15. The van der Waals surface area contributed by atoms with Crippen molar-refractivity contribution < 1.29 is 14.1 Å². The summed E-state index contributed by atoms with van der Waals surface area (Å²) in [5.41, 5.74) is 2.16. The van der Waals surface area contributed by atoms with Crippen molar-refractivity contribution in [2.24, 2.45) is 0 Å². The number of nitrogens with one attached hydrogen (secondary N) is 2. The van der Waals surface area contributed by atoms with Crippen LogP contribution in [0.2, 0.25) is 0 Å². The van der Waals surface area contributed by atoms with Crippen LogP contribution in [0.5, 0.6) is 0 Å². The molecule has 142 valence electrons. The maximum atomic E-state index is 12.4. The minimum atomic E-state index is -0.524. The number of benzene rings is 2. The number of amides is 1. The summed E-state index contributed by atoms with van der Waals surface area (Å²) >= 11 is 8.57. The van der Waals surface area contributed by atoms with Gasteiger partial charge >= 0.3 is 0 Å². The number of carbonyl (C=O) groups is 1. The van der Waals surface area contributed by atoms with Crippen molar-refractivity contribution in [3.63, 3.8) is 0 Å². The zero-order valence-corrected chi connectivity index (χ0v) is 17.0. The van der Waals surface area contributed by atoms with Gasteiger partial charge in [-0.2, -0.15) is 0 Å². The molecule has 1 aromatic heterocycles. The molecule has 7 nitrogen and oxygen atoms in total. The van der Waals surface area contributed by atoms with Gasteiger partial charge in [0.05, 0.1) is 4.92 Å². The number of non-ortho nitro benzene ring substituents is 1. The molecule has 1 heterocycles. The van der Waals surface area contributed by atoms with Crippen LogP contribution in [0.15, 0.2) is 63.5 Å². The second-order valence-electron chi connectivity index (χ2n) is 5.84. The first-order valence-electron chi connectivity index (χ1n) is 8.06. The fourth-order valence-electron chi connectivity index (χ4n) is 2.47. The number of anilines is 1. The highest BCUT2D eigenvalue weighted by atomic mass is 79.9. The molecule has 0 spiro atoms. The van der Waals surface area contributed by atoms with Gasteiger partial charge in [0.2, 0.25) is 0 Å². The molecule has 1 amide bonds. The molecule has 0 radical (unpaired) electrons. The summed E-state index contributed by atoms with van der Waals surface area (Å²) in [5.74, 6) is -0.140. The molecule has 0 aliphatic rings. The summed E-state index contributed by atoms with van der Waals surface area (Å²) in [5, 5.41) is 16.5. The Labute approximate surface area is 174 Å². The SMILES string of the molecule is Cc1cc(Br)ccc1NC(=S)NC(=O)c1ccc(-c2cccc([N+](=O)[O-])c2)o1. The fourth-order valence-corrected chi connectivity index (χ4v) is 3.15. The van der Waals surface area contributed by atoms with E-state index >= 15 is 0 Å². The molecule has 3 rings (SSSR count). The third-order valence-electron chi connectivity index (χ3n) is 3.83. The normalized spacial score (nSPS) is 10.4. The zero-order chi connectivity index (χ0) is 20.3.